The predicted octanol–water partition coefficient (Wildman–Crippen LogP) is 3.17. The third-order valence-corrected chi connectivity index (χ3v) is 6.15. The lowest BCUT2D eigenvalue weighted by Crippen LogP contribution is -2.45. The number of rotatable bonds is 3. The lowest BCUT2D eigenvalue weighted by atomic mass is 10.2. The molecule has 2 aromatic heterocycles. The summed E-state index contributed by atoms with van der Waals surface area (Å²) in [6.07, 6.45) is 0.940. The molecular weight excluding hydrogens is 388 g/mol. The van der Waals surface area contributed by atoms with Gasteiger partial charge in [-0.2, -0.15) is 0 Å². The Hall–Kier alpha value is -2.22. The van der Waals surface area contributed by atoms with Gasteiger partial charge in [0.25, 0.3) is 0 Å². The summed E-state index contributed by atoms with van der Waals surface area (Å²) in [5.41, 5.74) is 2.64. The predicted molar refractivity (Wildman–Crippen MR) is 115 cm³/mol. The van der Waals surface area contributed by atoms with Crippen LogP contribution in [-0.2, 0) is 4.74 Å². The van der Waals surface area contributed by atoms with E-state index in [2.05, 4.69) is 21.4 Å². The number of piperazine rings is 1. The van der Waals surface area contributed by atoms with Crippen LogP contribution in [0.3, 0.4) is 0 Å². The van der Waals surface area contributed by atoms with Crippen molar-refractivity contribution in [3.63, 3.8) is 0 Å². The van der Waals surface area contributed by atoms with E-state index in [1.165, 1.54) is 0 Å². The van der Waals surface area contributed by atoms with Gasteiger partial charge in [-0.1, -0.05) is 23.7 Å². The summed E-state index contributed by atoms with van der Waals surface area (Å²) in [5, 5.41) is 0.689. The van der Waals surface area contributed by atoms with Gasteiger partial charge in [0.1, 0.15) is 11.6 Å². The molecule has 0 bridgehead atoms. The molecule has 29 heavy (non-hydrogen) atoms. The van der Waals surface area contributed by atoms with Gasteiger partial charge >= 0.3 is 0 Å². The molecule has 7 nitrogen and oxygen atoms in total. The highest BCUT2D eigenvalue weighted by Gasteiger charge is 2.29. The molecule has 0 unspecified atom stereocenters. The van der Waals surface area contributed by atoms with E-state index in [0.717, 1.165) is 73.4 Å². The Morgan fingerprint density at radius 3 is 2.59 bits per heavy atom. The minimum Gasteiger partial charge on any atom is -0.379 e. The van der Waals surface area contributed by atoms with Gasteiger partial charge in [0, 0.05) is 38.3 Å². The summed E-state index contributed by atoms with van der Waals surface area (Å²) in [7, 11) is 2.16. The second-order valence-corrected chi connectivity index (χ2v) is 8.27. The first kappa shape index (κ1) is 18.8. The van der Waals surface area contributed by atoms with Crippen molar-refractivity contribution < 1.29 is 4.74 Å². The van der Waals surface area contributed by atoms with Crippen LogP contribution in [0.15, 0.2) is 24.3 Å². The highest BCUT2D eigenvalue weighted by molar-refractivity contribution is 6.33. The van der Waals surface area contributed by atoms with E-state index in [1.807, 2.05) is 31.2 Å². The van der Waals surface area contributed by atoms with Crippen molar-refractivity contribution in [1.29, 1.82) is 0 Å². The molecule has 0 radical (unpaired) electrons. The normalized spacial score (nSPS) is 20.7. The molecule has 1 aromatic carbocycles. The van der Waals surface area contributed by atoms with Crippen molar-refractivity contribution >= 4 is 28.6 Å². The summed E-state index contributed by atoms with van der Waals surface area (Å²) in [4.78, 5) is 19.4. The molecule has 152 valence electrons. The van der Waals surface area contributed by atoms with Crippen LogP contribution in [0.1, 0.15) is 18.3 Å². The first-order valence-corrected chi connectivity index (χ1v) is 10.5. The van der Waals surface area contributed by atoms with Gasteiger partial charge in [-0.15, -0.1) is 0 Å². The number of anilines is 1. The summed E-state index contributed by atoms with van der Waals surface area (Å²) in [5.74, 6) is 2.53. The lowest BCUT2D eigenvalue weighted by molar-refractivity contribution is 0.187. The van der Waals surface area contributed by atoms with Crippen LogP contribution < -0.4 is 4.90 Å². The third kappa shape index (κ3) is 3.37. The average molecular weight is 413 g/mol. The smallest absolute Gasteiger partial charge is 0.166 e. The van der Waals surface area contributed by atoms with E-state index < -0.39 is 0 Å². The number of halogens is 1. The molecule has 1 atom stereocenters. The van der Waals surface area contributed by atoms with Crippen molar-refractivity contribution in [2.45, 2.75) is 19.4 Å². The molecule has 0 N–H and O–H groups in total. The van der Waals surface area contributed by atoms with Crippen LogP contribution in [-0.4, -0.2) is 70.9 Å². The monoisotopic (exact) mass is 412 g/mol. The molecule has 8 heteroatoms. The fourth-order valence-corrected chi connectivity index (χ4v) is 4.43. The number of hydrogen-bond donors (Lipinski definition) is 0. The first-order valence-electron chi connectivity index (χ1n) is 10.1. The Kier molecular flexibility index (Phi) is 4.89. The fraction of sp³-hybridized carbons (Fsp3) is 0.476. The zero-order valence-corrected chi connectivity index (χ0v) is 17.6. The van der Waals surface area contributed by atoms with E-state index >= 15 is 0 Å². The number of aryl methyl sites for hydroxylation is 1. The van der Waals surface area contributed by atoms with E-state index in [1.54, 1.807) is 0 Å². The molecule has 0 saturated carbocycles. The van der Waals surface area contributed by atoms with Crippen LogP contribution in [0, 0.1) is 6.92 Å². The van der Waals surface area contributed by atoms with Crippen molar-refractivity contribution in [1.82, 2.24) is 24.4 Å². The highest BCUT2D eigenvalue weighted by Crippen LogP contribution is 2.36. The molecule has 0 aliphatic carbocycles. The van der Waals surface area contributed by atoms with Gasteiger partial charge in [-0.05, 0) is 32.5 Å². The van der Waals surface area contributed by atoms with E-state index in [0.29, 0.717) is 11.6 Å². The second-order valence-electron chi connectivity index (χ2n) is 7.86. The van der Waals surface area contributed by atoms with Crippen LogP contribution in [0.5, 0.6) is 0 Å². The fourth-order valence-electron chi connectivity index (χ4n) is 4.21. The number of imidazole rings is 1. The van der Waals surface area contributed by atoms with Crippen molar-refractivity contribution in [2.24, 2.45) is 0 Å². The minimum atomic E-state index is 0.195. The van der Waals surface area contributed by atoms with Gasteiger partial charge in [0.05, 0.1) is 17.7 Å². The molecule has 4 heterocycles. The SMILES string of the molecule is Cc1nc(N2CCN(C)CC2)c2nc(-c3ccccc3Cl)n([C@H]3CCOC3)c2n1. The molecule has 2 fully saturated rings. The summed E-state index contributed by atoms with van der Waals surface area (Å²) in [6, 6.07) is 8.06. The summed E-state index contributed by atoms with van der Waals surface area (Å²) < 4.78 is 7.92. The Balaban J connectivity index is 1.73. The standard InChI is InChI=1S/C21H25ClN6O/c1-14-23-20(27-10-8-26(2)9-11-27)18-21(24-14)28(15-7-12-29-13-15)19(25-18)16-5-3-4-6-17(16)22/h3-6,15H,7-13H2,1-2H3/t15-/m0/s1. The Morgan fingerprint density at radius 2 is 1.86 bits per heavy atom. The molecule has 2 aliphatic rings. The largest absolute Gasteiger partial charge is 0.379 e. The lowest BCUT2D eigenvalue weighted by Gasteiger charge is -2.33. The molecule has 2 aliphatic heterocycles. The maximum absolute atomic E-state index is 6.56. The quantitative estimate of drug-likeness (QED) is 0.658. The molecular formula is C21H25ClN6O. The summed E-state index contributed by atoms with van der Waals surface area (Å²) >= 11 is 6.56. The average Bonchev–Trinajstić information content (AvgIpc) is 3.36. The topological polar surface area (TPSA) is 59.3 Å². The molecule has 0 amide bonds. The van der Waals surface area contributed by atoms with Gasteiger partial charge < -0.3 is 19.1 Å². The number of ether oxygens (including phenoxy) is 1. The first-order chi connectivity index (χ1) is 14.1. The van der Waals surface area contributed by atoms with E-state index in [4.69, 9.17) is 31.3 Å². The second kappa shape index (κ2) is 7.55. The zero-order chi connectivity index (χ0) is 20.0. The van der Waals surface area contributed by atoms with Crippen molar-refractivity contribution in [3.8, 4) is 11.4 Å². The number of nitrogens with zero attached hydrogens (tertiary/aromatic N) is 6. The molecule has 2 saturated heterocycles. The van der Waals surface area contributed by atoms with Gasteiger partial charge in [0.15, 0.2) is 17.0 Å². The van der Waals surface area contributed by atoms with E-state index in [9.17, 15) is 0 Å². The molecule has 5 rings (SSSR count). The number of benzene rings is 1. The minimum absolute atomic E-state index is 0.195. The zero-order valence-electron chi connectivity index (χ0n) is 16.8. The van der Waals surface area contributed by atoms with Gasteiger partial charge in [-0.25, -0.2) is 15.0 Å². The highest BCUT2D eigenvalue weighted by atomic mass is 35.5. The molecule has 3 aromatic rings. The Morgan fingerprint density at radius 1 is 1.07 bits per heavy atom. The number of fused-ring (bicyclic) bond motifs is 1. The van der Waals surface area contributed by atoms with Crippen LogP contribution in [0.25, 0.3) is 22.6 Å². The number of likely N-dealkylation sites (N-methyl/N-ethyl adjacent to an activating group) is 1. The Labute approximate surface area is 175 Å². The Bertz CT molecular complexity index is 1040. The number of aromatic nitrogens is 4. The van der Waals surface area contributed by atoms with Crippen LogP contribution >= 0.6 is 11.6 Å². The van der Waals surface area contributed by atoms with Crippen LogP contribution in [0.4, 0.5) is 5.82 Å². The van der Waals surface area contributed by atoms with Gasteiger partial charge in [0.2, 0.25) is 0 Å². The third-order valence-electron chi connectivity index (χ3n) is 5.82. The molecule has 0 spiro atoms. The maximum atomic E-state index is 6.56. The van der Waals surface area contributed by atoms with E-state index in [-0.39, 0.29) is 6.04 Å². The van der Waals surface area contributed by atoms with Crippen molar-refractivity contribution in [2.75, 3.05) is 51.3 Å². The van der Waals surface area contributed by atoms with Crippen molar-refractivity contribution in [3.05, 3.63) is 35.1 Å². The van der Waals surface area contributed by atoms with Crippen LogP contribution in [0.2, 0.25) is 5.02 Å². The summed E-state index contributed by atoms with van der Waals surface area (Å²) in [6.45, 7) is 7.26. The number of hydrogen-bond acceptors (Lipinski definition) is 6. The maximum Gasteiger partial charge on any atom is 0.166 e. The van der Waals surface area contributed by atoms with Gasteiger partial charge in [-0.3, -0.25) is 0 Å².